The van der Waals surface area contributed by atoms with Gasteiger partial charge in [0.2, 0.25) is 21.8 Å². The van der Waals surface area contributed by atoms with E-state index in [9.17, 15) is 18.0 Å². The number of hydrogen-bond donors (Lipinski definition) is 1. The molecule has 186 valence electrons. The average Bonchev–Trinajstić information content (AvgIpc) is 2.72. The largest absolute Gasteiger partial charge is 0.352 e. The van der Waals surface area contributed by atoms with E-state index in [1.165, 1.54) is 4.90 Å². The summed E-state index contributed by atoms with van der Waals surface area (Å²) in [4.78, 5) is 27.9. The second-order valence-corrected chi connectivity index (χ2v) is 11.7. The molecule has 0 aromatic heterocycles. The highest BCUT2D eigenvalue weighted by Gasteiger charge is 2.32. The van der Waals surface area contributed by atoms with Gasteiger partial charge in [-0.25, -0.2) is 8.42 Å². The van der Waals surface area contributed by atoms with Crippen LogP contribution in [0.15, 0.2) is 46.9 Å². The van der Waals surface area contributed by atoms with Gasteiger partial charge < -0.3 is 10.2 Å². The van der Waals surface area contributed by atoms with Crippen LogP contribution in [-0.2, 0) is 26.2 Å². The SMILES string of the molecule is CC[C@@H](C(=O)NC(C)C)N(Cc1c(Cl)cccc1Cl)C(=O)CN(c1cccc(Br)c1)S(C)(=O)=O. The molecule has 0 aliphatic heterocycles. The highest BCUT2D eigenvalue weighted by atomic mass is 79.9. The first-order valence-corrected chi connectivity index (χ1v) is 14.0. The van der Waals surface area contributed by atoms with Crippen molar-refractivity contribution in [2.75, 3.05) is 17.1 Å². The Kier molecular flexibility index (Phi) is 10.2. The molecule has 0 fully saturated rings. The quantitative estimate of drug-likeness (QED) is 0.427. The molecule has 11 heteroatoms. The van der Waals surface area contributed by atoms with E-state index >= 15 is 0 Å². The second kappa shape index (κ2) is 12.2. The van der Waals surface area contributed by atoms with Gasteiger partial charge in [-0.05, 0) is 50.6 Å². The van der Waals surface area contributed by atoms with Crippen LogP contribution >= 0.6 is 39.1 Å². The Labute approximate surface area is 219 Å². The predicted octanol–water partition coefficient (Wildman–Crippen LogP) is 4.85. The van der Waals surface area contributed by atoms with Crippen molar-refractivity contribution in [3.05, 3.63) is 62.5 Å². The highest BCUT2D eigenvalue weighted by Crippen LogP contribution is 2.28. The molecule has 2 aromatic carbocycles. The Morgan fingerprint density at radius 2 is 1.68 bits per heavy atom. The Hall–Kier alpha value is -1.81. The van der Waals surface area contributed by atoms with Crippen molar-refractivity contribution in [3.8, 4) is 0 Å². The lowest BCUT2D eigenvalue weighted by atomic mass is 10.1. The molecule has 0 aliphatic rings. The van der Waals surface area contributed by atoms with Crippen molar-refractivity contribution < 1.29 is 18.0 Å². The fourth-order valence-electron chi connectivity index (χ4n) is 3.40. The van der Waals surface area contributed by atoms with E-state index in [-0.39, 0.29) is 18.5 Å². The molecule has 0 spiro atoms. The van der Waals surface area contributed by atoms with Crippen LogP contribution in [0.5, 0.6) is 0 Å². The number of benzene rings is 2. The molecule has 0 heterocycles. The molecule has 0 bridgehead atoms. The molecular formula is C23H28BrCl2N3O4S. The lowest BCUT2D eigenvalue weighted by Crippen LogP contribution is -2.53. The van der Waals surface area contributed by atoms with E-state index in [1.807, 2.05) is 13.8 Å². The molecule has 1 atom stereocenters. The molecule has 1 N–H and O–H groups in total. The molecule has 0 aliphatic carbocycles. The molecule has 7 nitrogen and oxygen atoms in total. The standard InChI is InChI=1S/C23H28BrCl2N3O4S/c1-5-21(23(31)27-15(2)3)28(13-18-19(25)10-7-11-20(18)26)22(30)14-29(34(4,32)33)17-9-6-8-16(24)12-17/h6-12,15,21H,5,13-14H2,1-4H3,(H,27,31)/t21-/m0/s1. The van der Waals surface area contributed by atoms with E-state index in [1.54, 1.807) is 49.4 Å². The van der Waals surface area contributed by atoms with E-state index < -0.39 is 28.5 Å². The first-order valence-electron chi connectivity index (χ1n) is 10.6. The summed E-state index contributed by atoms with van der Waals surface area (Å²) in [5.41, 5.74) is 0.795. The number of rotatable bonds is 10. The maximum absolute atomic E-state index is 13.6. The molecule has 2 aromatic rings. The van der Waals surface area contributed by atoms with Crippen molar-refractivity contribution >= 4 is 66.7 Å². The van der Waals surface area contributed by atoms with Gasteiger partial charge in [-0.2, -0.15) is 0 Å². The van der Waals surface area contributed by atoms with E-state index in [4.69, 9.17) is 23.2 Å². The van der Waals surface area contributed by atoms with Crippen LogP contribution < -0.4 is 9.62 Å². The lowest BCUT2D eigenvalue weighted by Gasteiger charge is -2.33. The number of carbonyl (C=O) groups is 2. The summed E-state index contributed by atoms with van der Waals surface area (Å²) in [5, 5.41) is 3.52. The van der Waals surface area contributed by atoms with Gasteiger partial charge >= 0.3 is 0 Å². The third kappa shape index (κ3) is 7.60. The summed E-state index contributed by atoms with van der Waals surface area (Å²) in [6, 6.07) is 10.6. The first-order chi connectivity index (χ1) is 15.8. The van der Waals surface area contributed by atoms with Crippen molar-refractivity contribution in [2.24, 2.45) is 0 Å². The van der Waals surface area contributed by atoms with Crippen molar-refractivity contribution in [2.45, 2.75) is 45.8 Å². The Morgan fingerprint density at radius 3 is 2.18 bits per heavy atom. The Balaban J connectivity index is 2.51. The van der Waals surface area contributed by atoms with Crippen molar-refractivity contribution in [1.82, 2.24) is 10.2 Å². The monoisotopic (exact) mass is 591 g/mol. The minimum absolute atomic E-state index is 0.0581. The van der Waals surface area contributed by atoms with Gasteiger partial charge in [0, 0.05) is 32.7 Å². The highest BCUT2D eigenvalue weighted by molar-refractivity contribution is 9.10. The van der Waals surface area contributed by atoms with Crippen molar-refractivity contribution in [3.63, 3.8) is 0 Å². The summed E-state index contributed by atoms with van der Waals surface area (Å²) in [6.07, 6.45) is 1.33. The van der Waals surface area contributed by atoms with E-state index in [0.717, 1.165) is 10.6 Å². The second-order valence-electron chi connectivity index (χ2n) is 8.06. The molecule has 0 unspecified atom stereocenters. The normalized spacial score (nSPS) is 12.4. The van der Waals surface area contributed by atoms with Crippen LogP contribution in [0.1, 0.15) is 32.8 Å². The smallest absolute Gasteiger partial charge is 0.244 e. The maximum Gasteiger partial charge on any atom is 0.244 e. The van der Waals surface area contributed by atoms with Gasteiger partial charge in [0.15, 0.2) is 0 Å². The molecular weight excluding hydrogens is 565 g/mol. The van der Waals surface area contributed by atoms with Gasteiger partial charge in [0.05, 0.1) is 11.9 Å². The Morgan fingerprint density at radius 1 is 1.09 bits per heavy atom. The summed E-state index contributed by atoms with van der Waals surface area (Å²) < 4.78 is 26.9. The molecule has 0 radical (unpaired) electrons. The van der Waals surface area contributed by atoms with Crippen LogP contribution in [0, 0.1) is 0 Å². The summed E-state index contributed by atoms with van der Waals surface area (Å²) >= 11 is 16.0. The number of halogens is 3. The number of hydrogen-bond acceptors (Lipinski definition) is 4. The zero-order valence-electron chi connectivity index (χ0n) is 19.4. The third-order valence-electron chi connectivity index (χ3n) is 4.98. The van der Waals surface area contributed by atoms with Gasteiger partial charge in [-0.3, -0.25) is 13.9 Å². The van der Waals surface area contributed by atoms with Crippen LogP contribution in [0.4, 0.5) is 5.69 Å². The minimum Gasteiger partial charge on any atom is -0.352 e. The lowest BCUT2D eigenvalue weighted by molar-refractivity contribution is -0.140. The number of nitrogens with zero attached hydrogens (tertiary/aromatic N) is 2. The number of carbonyl (C=O) groups excluding carboxylic acids is 2. The maximum atomic E-state index is 13.6. The minimum atomic E-state index is -3.81. The van der Waals surface area contributed by atoms with Crippen molar-refractivity contribution in [1.29, 1.82) is 0 Å². The van der Waals surface area contributed by atoms with Gasteiger partial charge in [-0.15, -0.1) is 0 Å². The van der Waals surface area contributed by atoms with Crippen LogP contribution in [0.2, 0.25) is 10.0 Å². The molecule has 34 heavy (non-hydrogen) atoms. The Bertz CT molecular complexity index is 1120. The molecule has 2 amide bonds. The number of sulfonamides is 1. The fourth-order valence-corrected chi connectivity index (χ4v) is 5.14. The number of amides is 2. The average molecular weight is 593 g/mol. The number of nitrogens with one attached hydrogen (secondary N) is 1. The van der Waals surface area contributed by atoms with E-state index in [0.29, 0.717) is 32.2 Å². The zero-order chi connectivity index (χ0) is 25.6. The topological polar surface area (TPSA) is 86.8 Å². The molecule has 0 saturated heterocycles. The predicted molar refractivity (Wildman–Crippen MR) is 141 cm³/mol. The van der Waals surface area contributed by atoms with Gasteiger partial charge in [-0.1, -0.05) is 58.2 Å². The zero-order valence-corrected chi connectivity index (χ0v) is 23.3. The summed E-state index contributed by atoms with van der Waals surface area (Å²) in [7, 11) is -3.81. The van der Waals surface area contributed by atoms with E-state index in [2.05, 4.69) is 21.2 Å². The third-order valence-corrected chi connectivity index (χ3v) is 7.32. The van der Waals surface area contributed by atoms with Crippen LogP contribution in [-0.4, -0.2) is 50.0 Å². The first kappa shape index (κ1) is 28.4. The summed E-state index contributed by atoms with van der Waals surface area (Å²) in [5.74, 6) is -0.908. The molecule has 2 rings (SSSR count). The summed E-state index contributed by atoms with van der Waals surface area (Å²) in [6.45, 7) is 4.86. The number of anilines is 1. The van der Waals surface area contributed by atoms with Gasteiger partial charge in [0.1, 0.15) is 12.6 Å². The van der Waals surface area contributed by atoms with Crippen LogP contribution in [0.25, 0.3) is 0 Å². The molecule has 0 saturated carbocycles. The fraction of sp³-hybridized carbons (Fsp3) is 0.391. The van der Waals surface area contributed by atoms with Crippen LogP contribution in [0.3, 0.4) is 0 Å². The van der Waals surface area contributed by atoms with Gasteiger partial charge in [0.25, 0.3) is 0 Å².